The summed E-state index contributed by atoms with van der Waals surface area (Å²) in [6.07, 6.45) is 0.141. The molecule has 12 heteroatoms. The number of hydrogen-bond acceptors (Lipinski definition) is 10. The standard InChI is InChI=1S/C35H30N2O9S/c1-19-28(18-47-31-26(32(40)41)3-2-14-36-31)44-35(45-29(19)22-8-6-21(17-38)7-9-22)23-10-4-20(5-11-23)16-37-30(39)24-12-13-25-27(15-24)34(43)46-33(25)42/h2-15,19,28-29,35,38H,16-18H2,1H3,(H,37,39)(H,40,41). The molecular weight excluding hydrogens is 624 g/mol. The molecule has 1 saturated heterocycles. The van der Waals surface area contributed by atoms with Gasteiger partial charge in [0.15, 0.2) is 6.29 Å². The number of carbonyl (C=O) groups excluding carboxylic acids is 3. The van der Waals surface area contributed by atoms with Gasteiger partial charge in [0.05, 0.1) is 35.5 Å². The fourth-order valence-corrected chi connectivity index (χ4v) is 6.59. The highest BCUT2D eigenvalue weighted by Gasteiger charge is 2.38. The molecule has 11 nitrogen and oxygen atoms in total. The molecule has 4 unspecified atom stereocenters. The number of esters is 2. The summed E-state index contributed by atoms with van der Waals surface area (Å²) in [4.78, 5) is 52.3. The molecule has 0 radical (unpaired) electrons. The smallest absolute Gasteiger partial charge is 0.346 e. The van der Waals surface area contributed by atoms with E-state index < -0.39 is 30.1 Å². The van der Waals surface area contributed by atoms with E-state index in [-0.39, 0.29) is 53.5 Å². The van der Waals surface area contributed by atoms with Gasteiger partial charge in [-0.1, -0.05) is 55.5 Å². The number of aromatic carboxylic acids is 1. The molecule has 0 aliphatic carbocycles. The molecular formula is C35H30N2O9S. The van der Waals surface area contributed by atoms with E-state index in [1.54, 1.807) is 12.3 Å². The monoisotopic (exact) mass is 654 g/mol. The predicted octanol–water partition coefficient (Wildman–Crippen LogP) is 5.10. The second kappa shape index (κ2) is 13.9. The number of hydrogen-bond donors (Lipinski definition) is 3. The highest BCUT2D eigenvalue weighted by atomic mass is 32.2. The van der Waals surface area contributed by atoms with Crippen molar-refractivity contribution in [3.63, 3.8) is 0 Å². The first-order chi connectivity index (χ1) is 22.7. The first-order valence-electron chi connectivity index (χ1n) is 14.8. The van der Waals surface area contributed by atoms with Gasteiger partial charge in [-0.15, -0.1) is 11.8 Å². The van der Waals surface area contributed by atoms with Crippen molar-refractivity contribution in [3.8, 4) is 0 Å². The van der Waals surface area contributed by atoms with Crippen molar-refractivity contribution in [1.82, 2.24) is 10.3 Å². The van der Waals surface area contributed by atoms with Crippen LogP contribution in [0.4, 0.5) is 0 Å². The van der Waals surface area contributed by atoms with Crippen LogP contribution in [-0.2, 0) is 27.4 Å². The lowest BCUT2D eigenvalue weighted by Crippen LogP contribution is -2.38. The number of carboxylic acid groups (broad SMARTS) is 1. The number of carboxylic acids is 1. The van der Waals surface area contributed by atoms with Gasteiger partial charge in [-0.3, -0.25) is 4.79 Å². The number of thioether (sulfide) groups is 1. The summed E-state index contributed by atoms with van der Waals surface area (Å²) in [5.41, 5.74) is 3.82. The van der Waals surface area contributed by atoms with E-state index in [0.29, 0.717) is 10.8 Å². The Balaban J connectivity index is 1.16. The lowest BCUT2D eigenvalue weighted by Gasteiger charge is -2.41. The average molecular weight is 655 g/mol. The SMILES string of the molecule is CC1C(CSc2ncccc2C(=O)O)OC(c2ccc(CNC(=O)c3ccc4c(c3)C(=O)OC4=O)cc2)OC1c1ccc(CO)cc1. The molecule has 0 spiro atoms. The second-order valence-electron chi connectivity index (χ2n) is 11.2. The van der Waals surface area contributed by atoms with Crippen LogP contribution in [0.2, 0.25) is 0 Å². The Morgan fingerprint density at radius 3 is 2.32 bits per heavy atom. The number of rotatable bonds is 10. The van der Waals surface area contributed by atoms with Crippen molar-refractivity contribution in [1.29, 1.82) is 0 Å². The maximum Gasteiger partial charge on any atom is 0.346 e. The zero-order chi connectivity index (χ0) is 33.1. The normalized spacial score (nSPS) is 20.4. The Morgan fingerprint density at radius 2 is 1.60 bits per heavy atom. The van der Waals surface area contributed by atoms with E-state index in [2.05, 4.69) is 15.0 Å². The van der Waals surface area contributed by atoms with Crippen LogP contribution in [0.1, 0.15) is 83.0 Å². The van der Waals surface area contributed by atoms with Crippen LogP contribution in [0.15, 0.2) is 90.1 Å². The zero-order valence-electron chi connectivity index (χ0n) is 25.1. The number of cyclic esters (lactones) is 2. The minimum Gasteiger partial charge on any atom is -0.478 e. The summed E-state index contributed by atoms with van der Waals surface area (Å²) in [6, 6.07) is 22.3. The molecule has 1 amide bonds. The van der Waals surface area contributed by atoms with Gasteiger partial charge in [0.25, 0.3) is 5.91 Å². The molecule has 4 aromatic rings. The van der Waals surface area contributed by atoms with Crippen molar-refractivity contribution < 1.29 is 43.6 Å². The fourth-order valence-electron chi connectivity index (χ4n) is 5.44. The maximum absolute atomic E-state index is 12.8. The van der Waals surface area contributed by atoms with Crippen molar-refractivity contribution in [2.75, 3.05) is 5.75 Å². The Morgan fingerprint density at radius 1 is 0.894 bits per heavy atom. The number of nitrogens with zero attached hydrogens (tertiary/aromatic N) is 1. The van der Waals surface area contributed by atoms with Crippen LogP contribution >= 0.6 is 11.8 Å². The first-order valence-corrected chi connectivity index (χ1v) is 15.8. The third-order valence-corrected chi connectivity index (χ3v) is 9.22. The van der Waals surface area contributed by atoms with Crippen LogP contribution < -0.4 is 5.32 Å². The maximum atomic E-state index is 12.8. The van der Waals surface area contributed by atoms with Gasteiger partial charge in [0.1, 0.15) is 5.03 Å². The number of aromatic nitrogens is 1. The van der Waals surface area contributed by atoms with Gasteiger partial charge in [-0.25, -0.2) is 19.4 Å². The second-order valence-corrected chi connectivity index (χ2v) is 12.2. The topological polar surface area (TPSA) is 161 Å². The van der Waals surface area contributed by atoms with Crippen molar-refractivity contribution in [2.24, 2.45) is 5.92 Å². The third kappa shape index (κ3) is 6.96. The number of carbonyl (C=O) groups is 4. The minimum absolute atomic E-state index is 0.0653. The molecule has 2 aliphatic heterocycles. The summed E-state index contributed by atoms with van der Waals surface area (Å²) in [6.45, 7) is 2.16. The van der Waals surface area contributed by atoms with Crippen LogP contribution in [-0.4, -0.2) is 50.9 Å². The molecule has 3 aromatic carbocycles. The van der Waals surface area contributed by atoms with Crippen LogP contribution in [0.25, 0.3) is 0 Å². The van der Waals surface area contributed by atoms with E-state index in [1.165, 1.54) is 36.0 Å². The predicted molar refractivity (Wildman–Crippen MR) is 169 cm³/mol. The summed E-state index contributed by atoms with van der Waals surface area (Å²) in [5.74, 6) is -2.64. The molecule has 47 heavy (non-hydrogen) atoms. The van der Waals surface area contributed by atoms with Gasteiger partial charge >= 0.3 is 17.9 Å². The first kappa shape index (κ1) is 32.1. The summed E-state index contributed by atoms with van der Waals surface area (Å²) >= 11 is 1.31. The van der Waals surface area contributed by atoms with Crippen LogP contribution in [0, 0.1) is 5.92 Å². The minimum atomic E-state index is -1.05. The number of aliphatic hydroxyl groups excluding tert-OH is 1. The largest absolute Gasteiger partial charge is 0.478 e. The van der Waals surface area contributed by atoms with Crippen LogP contribution in [0.3, 0.4) is 0 Å². The van der Waals surface area contributed by atoms with Crippen molar-refractivity contribution in [3.05, 3.63) is 130 Å². The molecule has 2 aliphatic rings. The average Bonchev–Trinajstić information content (AvgIpc) is 3.39. The summed E-state index contributed by atoms with van der Waals surface area (Å²) in [5, 5.41) is 22.3. The number of amides is 1. The van der Waals surface area contributed by atoms with Gasteiger partial charge in [-0.05, 0) is 47.0 Å². The molecule has 3 N–H and O–H groups in total. The zero-order valence-corrected chi connectivity index (χ0v) is 25.9. The molecule has 3 heterocycles. The number of pyridine rings is 1. The summed E-state index contributed by atoms with van der Waals surface area (Å²) in [7, 11) is 0. The van der Waals surface area contributed by atoms with Crippen molar-refractivity contribution >= 4 is 35.6 Å². The Kier molecular flexibility index (Phi) is 9.45. The number of nitrogens with one attached hydrogen (secondary N) is 1. The molecule has 240 valence electrons. The summed E-state index contributed by atoms with van der Waals surface area (Å²) < 4.78 is 17.6. The van der Waals surface area contributed by atoms with E-state index in [9.17, 15) is 29.4 Å². The molecule has 4 atom stereocenters. The Hall–Kier alpha value is -4.88. The van der Waals surface area contributed by atoms with E-state index in [1.807, 2.05) is 55.5 Å². The fraction of sp³-hybridized carbons (Fsp3) is 0.229. The van der Waals surface area contributed by atoms with Crippen LogP contribution in [0.5, 0.6) is 0 Å². The third-order valence-electron chi connectivity index (χ3n) is 8.12. The number of ether oxygens (including phenoxy) is 3. The van der Waals surface area contributed by atoms with E-state index >= 15 is 0 Å². The lowest BCUT2D eigenvalue weighted by molar-refractivity contribution is -0.268. The number of benzene rings is 3. The molecule has 0 bridgehead atoms. The highest BCUT2D eigenvalue weighted by Crippen LogP contribution is 2.43. The molecule has 1 aromatic heterocycles. The van der Waals surface area contributed by atoms with Gasteiger partial charge in [-0.2, -0.15) is 0 Å². The molecule has 6 rings (SSSR count). The lowest BCUT2D eigenvalue weighted by atomic mass is 9.91. The molecule has 1 fully saturated rings. The van der Waals surface area contributed by atoms with Gasteiger partial charge < -0.3 is 29.7 Å². The van der Waals surface area contributed by atoms with E-state index in [0.717, 1.165) is 22.3 Å². The quantitative estimate of drug-likeness (QED) is 0.119. The van der Waals surface area contributed by atoms with Gasteiger partial charge in [0, 0.05) is 35.5 Å². The Bertz CT molecular complexity index is 1830. The van der Waals surface area contributed by atoms with Crippen molar-refractivity contribution in [2.45, 2.75) is 43.6 Å². The highest BCUT2D eigenvalue weighted by molar-refractivity contribution is 7.99. The Labute approximate surface area is 273 Å². The molecule has 0 saturated carbocycles. The number of fused-ring (bicyclic) bond motifs is 1. The van der Waals surface area contributed by atoms with E-state index in [4.69, 9.17) is 9.47 Å². The number of aliphatic hydroxyl groups is 1. The van der Waals surface area contributed by atoms with Gasteiger partial charge in [0.2, 0.25) is 0 Å².